The van der Waals surface area contributed by atoms with E-state index in [1.165, 1.54) is 12.1 Å². The zero-order chi connectivity index (χ0) is 12.8. The van der Waals surface area contributed by atoms with Crippen molar-refractivity contribution in [2.45, 2.75) is 6.42 Å². The largest absolute Gasteiger partial charge is 0.497 e. The lowest BCUT2D eigenvalue weighted by Crippen LogP contribution is -2.01. The fourth-order valence-corrected chi connectivity index (χ4v) is 1.64. The molecule has 0 unspecified atom stereocenters. The summed E-state index contributed by atoms with van der Waals surface area (Å²) in [5, 5.41) is 0. The maximum atomic E-state index is 12.9. The Bertz CT molecular complexity index is 494. The Morgan fingerprint density at radius 3 is 2.44 bits per heavy atom. The molecule has 2 aromatic rings. The van der Waals surface area contributed by atoms with Gasteiger partial charge in [-0.2, -0.15) is 0 Å². The van der Waals surface area contributed by atoms with Crippen molar-refractivity contribution in [1.29, 1.82) is 0 Å². The second-order valence-corrected chi connectivity index (χ2v) is 3.90. The molecule has 0 atom stereocenters. The quantitative estimate of drug-likeness (QED) is 0.804. The molecule has 0 aromatic heterocycles. The lowest BCUT2D eigenvalue weighted by molar-refractivity contribution is 0.320. The Labute approximate surface area is 106 Å². The van der Waals surface area contributed by atoms with Crippen LogP contribution in [0.1, 0.15) is 5.56 Å². The van der Waals surface area contributed by atoms with Gasteiger partial charge in [-0.15, -0.1) is 0 Å². The summed E-state index contributed by atoms with van der Waals surface area (Å²) in [5.41, 5.74) is 1.16. The molecule has 0 saturated carbocycles. The van der Waals surface area contributed by atoms with E-state index in [0.717, 1.165) is 17.7 Å². The lowest BCUT2D eigenvalue weighted by Gasteiger charge is -2.06. The molecule has 0 aliphatic rings. The van der Waals surface area contributed by atoms with E-state index < -0.39 is 0 Å². The number of hydrogen-bond acceptors (Lipinski definition) is 2. The first-order chi connectivity index (χ1) is 8.78. The molecule has 0 aliphatic carbocycles. The van der Waals surface area contributed by atoms with Crippen molar-refractivity contribution in [3.05, 3.63) is 59.9 Å². The van der Waals surface area contributed by atoms with Crippen molar-refractivity contribution in [3.8, 4) is 11.5 Å². The molecule has 0 fully saturated rings. The first kappa shape index (κ1) is 12.4. The summed E-state index contributed by atoms with van der Waals surface area (Å²) in [6.45, 7) is 0.524. The summed E-state index contributed by atoms with van der Waals surface area (Å²) in [6, 6.07) is 14.0. The summed E-state index contributed by atoms with van der Waals surface area (Å²) in [7, 11) is 1.64. The SMILES string of the molecule is COc1ccc(CCOc2cccc(F)c2)cc1. The summed E-state index contributed by atoms with van der Waals surface area (Å²) >= 11 is 0. The van der Waals surface area contributed by atoms with Gasteiger partial charge < -0.3 is 9.47 Å². The first-order valence-electron chi connectivity index (χ1n) is 5.79. The third kappa shape index (κ3) is 3.48. The zero-order valence-corrected chi connectivity index (χ0v) is 10.2. The molecule has 0 heterocycles. The molecule has 0 aliphatic heterocycles. The van der Waals surface area contributed by atoms with Gasteiger partial charge in [-0.3, -0.25) is 0 Å². The maximum Gasteiger partial charge on any atom is 0.126 e. The van der Waals surface area contributed by atoms with E-state index in [-0.39, 0.29) is 5.82 Å². The molecule has 0 radical (unpaired) electrons. The average Bonchev–Trinajstić information content (AvgIpc) is 2.40. The fraction of sp³-hybridized carbons (Fsp3) is 0.200. The number of halogens is 1. The highest BCUT2D eigenvalue weighted by molar-refractivity contribution is 5.27. The highest BCUT2D eigenvalue weighted by Crippen LogP contribution is 2.14. The fourth-order valence-electron chi connectivity index (χ4n) is 1.64. The molecular formula is C15H15FO2. The van der Waals surface area contributed by atoms with Gasteiger partial charge in [-0.1, -0.05) is 18.2 Å². The van der Waals surface area contributed by atoms with Gasteiger partial charge in [0.1, 0.15) is 17.3 Å². The van der Waals surface area contributed by atoms with E-state index in [0.29, 0.717) is 12.4 Å². The predicted molar refractivity (Wildman–Crippen MR) is 68.6 cm³/mol. The topological polar surface area (TPSA) is 18.5 Å². The second-order valence-electron chi connectivity index (χ2n) is 3.90. The minimum Gasteiger partial charge on any atom is -0.497 e. The van der Waals surface area contributed by atoms with Crippen molar-refractivity contribution in [3.63, 3.8) is 0 Å². The highest BCUT2D eigenvalue weighted by atomic mass is 19.1. The van der Waals surface area contributed by atoms with E-state index in [1.807, 2.05) is 24.3 Å². The lowest BCUT2D eigenvalue weighted by atomic mass is 10.1. The molecule has 0 bridgehead atoms. The van der Waals surface area contributed by atoms with Crippen LogP contribution in [0, 0.1) is 5.82 Å². The third-order valence-electron chi connectivity index (χ3n) is 2.61. The molecular weight excluding hydrogens is 231 g/mol. The highest BCUT2D eigenvalue weighted by Gasteiger charge is 1.98. The summed E-state index contributed by atoms with van der Waals surface area (Å²) < 4.78 is 23.5. The van der Waals surface area contributed by atoms with Gasteiger partial charge in [0.25, 0.3) is 0 Å². The van der Waals surface area contributed by atoms with Crippen molar-refractivity contribution in [1.82, 2.24) is 0 Å². The number of rotatable bonds is 5. The molecule has 0 saturated heterocycles. The van der Waals surface area contributed by atoms with Crippen LogP contribution in [0.5, 0.6) is 11.5 Å². The molecule has 94 valence electrons. The van der Waals surface area contributed by atoms with Gasteiger partial charge in [-0.25, -0.2) is 4.39 Å². The van der Waals surface area contributed by atoms with Gasteiger partial charge in [-0.05, 0) is 29.8 Å². The number of methoxy groups -OCH3 is 1. The summed E-state index contributed by atoms with van der Waals surface area (Å²) in [4.78, 5) is 0. The Hall–Kier alpha value is -2.03. The van der Waals surface area contributed by atoms with Crippen LogP contribution in [0.4, 0.5) is 4.39 Å². The van der Waals surface area contributed by atoms with Crippen LogP contribution in [0.3, 0.4) is 0 Å². The van der Waals surface area contributed by atoms with Gasteiger partial charge in [0.05, 0.1) is 13.7 Å². The Balaban J connectivity index is 1.84. The van der Waals surface area contributed by atoms with Gasteiger partial charge in [0.15, 0.2) is 0 Å². The van der Waals surface area contributed by atoms with Crippen molar-refractivity contribution in [2.24, 2.45) is 0 Å². The second kappa shape index (κ2) is 6.05. The van der Waals surface area contributed by atoms with Crippen LogP contribution in [0.15, 0.2) is 48.5 Å². The third-order valence-corrected chi connectivity index (χ3v) is 2.61. The van der Waals surface area contributed by atoms with Crippen molar-refractivity contribution >= 4 is 0 Å². The molecule has 2 aromatic carbocycles. The van der Waals surface area contributed by atoms with Crippen LogP contribution in [-0.4, -0.2) is 13.7 Å². The smallest absolute Gasteiger partial charge is 0.126 e. The van der Waals surface area contributed by atoms with E-state index in [4.69, 9.17) is 9.47 Å². The normalized spacial score (nSPS) is 10.1. The van der Waals surface area contributed by atoms with E-state index in [1.54, 1.807) is 19.2 Å². The molecule has 3 heteroatoms. The number of hydrogen-bond donors (Lipinski definition) is 0. The van der Waals surface area contributed by atoms with E-state index in [9.17, 15) is 4.39 Å². The van der Waals surface area contributed by atoms with Crippen LogP contribution in [-0.2, 0) is 6.42 Å². The molecule has 0 spiro atoms. The van der Waals surface area contributed by atoms with Crippen molar-refractivity contribution < 1.29 is 13.9 Å². The van der Waals surface area contributed by atoms with Gasteiger partial charge >= 0.3 is 0 Å². The molecule has 0 N–H and O–H groups in total. The van der Waals surface area contributed by atoms with E-state index >= 15 is 0 Å². The Morgan fingerprint density at radius 1 is 1.00 bits per heavy atom. The minimum atomic E-state index is -0.281. The summed E-state index contributed by atoms with van der Waals surface area (Å²) in [5.74, 6) is 1.12. The molecule has 0 amide bonds. The molecule has 2 nitrogen and oxygen atoms in total. The van der Waals surface area contributed by atoms with Gasteiger partial charge in [0.2, 0.25) is 0 Å². The van der Waals surface area contributed by atoms with Crippen LogP contribution in [0.25, 0.3) is 0 Å². The number of ether oxygens (including phenoxy) is 2. The van der Waals surface area contributed by atoms with Crippen LogP contribution < -0.4 is 9.47 Å². The maximum absolute atomic E-state index is 12.9. The zero-order valence-electron chi connectivity index (χ0n) is 10.2. The van der Waals surface area contributed by atoms with Crippen molar-refractivity contribution in [2.75, 3.05) is 13.7 Å². The first-order valence-corrected chi connectivity index (χ1v) is 5.79. The average molecular weight is 246 g/mol. The molecule has 2 rings (SSSR count). The van der Waals surface area contributed by atoms with Crippen LogP contribution in [0.2, 0.25) is 0 Å². The Kier molecular flexibility index (Phi) is 4.18. The van der Waals surface area contributed by atoms with Crippen LogP contribution >= 0.6 is 0 Å². The Morgan fingerprint density at radius 2 is 1.78 bits per heavy atom. The molecule has 18 heavy (non-hydrogen) atoms. The standard InChI is InChI=1S/C15H15FO2/c1-17-14-7-5-12(6-8-14)9-10-18-15-4-2-3-13(16)11-15/h2-8,11H,9-10H2,1H3. The predicted octanol–water partition coefficient (Wildman–Crippen LogP) is 3.46. The minimum absolute atomic E-state index is 0.281. The monoisotopic (exact) mass is 246 g/mol. The number of benzene rings is 2. The van der Waals surface area contributed by atoms with E-state index in [2.05, 4.69) is 0 Å². The van der Waals surface area contributed by atoms with Gasteiger partial charge in [0, 0.05) is 12.5 Å². The summed E-state index contributed by atoms with van der Waals surface area (Å²) in [6.07, 6.45) is 0.778.